The molecule has 0 radical (unpaired) electrons. The van der Waals surface area contributed by atoms with E-state index in [0.717, 1.165) is 17.1 Å². The summed E-state index contributed by atoms with van der Waals surface area (Å²) in [6, 6.07) is 5.57. The fraction of sp³-hybridized carbons (Fsp3) is 0.533. The lowest BCUT2D eigenvalue weighted by Crippen LogP contribution is -2.51. The van der Waals surface area contributed by atoms with Gasteiger partial charge in [-0.15, -0.1) is 0 Å². The standard InChI is InChI=1S/C15H22N2O3/c1-4-15(3,16)14(18)17-10(2)11-5-6-12-13(9-11)20-8-7-19-12/h5-6,9-10H,4,7-8,16H2,1-3H3,(H,17,18). The summed E-state index contributed by atoms with van der Waals surface area (Å²) >= 11 is 0. The number of carbonyl (C=O) groups excluding carboxylic acids is 1. The largest absolute Gasteiger partial charge is 0.486 e. The zero-order valence-electron chi connectivity index (χ0n) is 12.2. The second-order valence-corrected chi connectivity index (χ2v) is 5.37. The Balaban J connectivity index is 2.10. The quantitative estimate of drug-likeness (QED) is 0.880. The van der Waals surface area contributed by atoms with Gasteiger partial charge in [0.1, 0.15) is 13.2 Å². The predicted octanol–water partition coefficient (Wildman–Crippen LogP) is 1.76. The Labute approximate surface area is 119 Å². The number of nitrogens with one attached hydrogen (secondary N) is 1. The van der Waals surface area contributed by atoms with Crippen LogP contribution in [0.4, 0.5) is 0 Å². The number of carbonyl (C=O) groups is 1. The third kappa shape index (κ3) is 3.04. The van der Waals surface area contributed by atoms with Crippen molar-refractivity contribution in [1.29, 1.82) is 0 Å². The molecule has 5 nitrogen and oxygen atoms in total. The zero-order valence-corrected chi connectivity index (χ0v) is 12.2. The smallest absolute Gasteiger partial charge is 0.240 e. The van der Waals surface area contributed by atoms with Crippen LogP contribution < -0.4 is 20.5 Å². The molecule has 20 heavy (non-hydrogen) atoms. The molecule has 1 aliphatic rings. The fourth-order valence-electron chi connectivity index (χ4n) is 1.93. The molecule has 0 bridgehead atoms. The van der Waals surface area contributed by atoms with Crippen molar-refractivity contribution in [2.75, 3.05) is 13.2 Å². The van der Waals surface area contributed by atoms with Crippen LogP contribution in [0.15, 0.2) is 18.2 Å². The van der Waals surface area contributed by atoms with Crippen molar-refractivity contribution in [2.24, 2.45) is 5.73 Å². The summed E-state index contributed by atoms with van der Waals surface area (Å²) < 4.78 is 11.0. The van der Waals surface area contributed by atoms with E-state index in [1.807, 2.05) is 32.0 Å². The minimum absolute atomic E-state index is 0.132. The van der Waals surface area contributed by atoms with E-state index in [1.54, 1.807) is 6.92 Å². The Kier molecular flexibility index (Phi) is 4.18. The first kappa shape index (κ1) is 14.7. The monoisotopic (exact) mass is 278 g/mol. The van der Waals surface area contributed by atoms with Gasteiger partial charge in [-0.3, -0.25) is 4.79 Å². The second-order valence-electron chi connectivity index (χ2n) is 5.37. The Morgan fingerprint density at radius 3 is 2.70 bits per heavy atom. The van der Waals surface area contributed by atoms with Gasteiger partial charge in [-0.2, -0.15) is 0 Å². The summed E-state index contributed by atoms with van der Waals surface area (Å²) in [6.45, 7) is 6.68. The summed E-state index contributed by atoms with van der Waals surface area (Å²) in [5, 5.41) is 2.93. The van der Waals surface area contributed by atoms with Crippen LogP contribution in [0, 0.1) is 0 Å². The highest BCUT2D eigenvalue weighted by Crippen LogP contribution is 2.32. The molecular weight excluding hydrogens is 256 g/mol. The normalized spacial score (nSPS) is 18.0. The van der Waals surface area contributed by atoms with Crippen LogP contribution in [0.3, 0.4) is 0 Å². The van der Waals surface area contributed by atoms with E-state index < -0.39 is 5.54 Å². The van der Waals surface area contributed by atoms with Crippen LogP contribution >= 0.6 is 0 Å². The number of rotatable bonds is 4. The first-order valence-corrected chi connectivity index (χ1v) is 6.93. The van der Waals surface area contributed by atoms with Gasteiger partial charge in [0.25, 0.3) is 0 Å². The van der Waals surface area contributed by atoms with Crippen LogP contribution in [0.25, 0.3) is 0 Å². The van der Waals surface area contributed by atoms with E-state index >= 15 is 0 Å². The molecule has 1 aromatic carbocycles. The van der Waals surface area contributed by atoms with Gasteiger partial charge in [0.15, 0.2) is 11.5 Å². The van der Waals surface area contributed by atoms with Crippen LogP contribution in [-0.4, -0.2) is 24.7 Å². The summed E-state index contributed by atoms with van der Waals surface area (Å²) in [4.78, 5) is 12.1. The highest BCUT2D eigenvalue weighted by atomic mass is 16.6. The van der Waals surface area contributed by atoms with Gasteiger partial charge < -0.3 is 20.5 Å². The van der Waals surface area contributed by atoms with Gasteiger partial charge >= 0.3 is 0 Å². The maximum Gasteiger partial charge on any atom is 0.240 e. The van der Waals surface area contributed by atoms with Gasteiger partial charge in [0.2, 0.25) is 5.91 Å². The lowest BCUT2D eigenvalue weighted by atomic mass is 9.98. The number of hydrogen-bond acceptors (Lipinski definition) is 4. The number of benzene rings is 1. The molecule has 5 heteroatoms. The molecule has 1 amide bonds. The molecule has 1 aliphatic heterocycles. The van der Waals surface area contributed by atoms with Gasteiger partial charge in [-0.25, -0.2) is 0 Å². The number of ether oxygens (including phenoxy) is 2. The molecular formula is C15H22N2O3. The van der Waals surface area contributed by atoms with Crippen molar-refractivity contribution < 1.29 is 14.3 Å². The molecule has 2 atom stereocenters. The average Bonchev–Trinajstić information content (AvgIpc) is 2.46. The van der Waals surface area contributed by atoms with Crippen molar-refractivity contribution in [3.8, 4) is 11.5 Å². The number of fused-ring (bicyclic) bond motifs is 1. The molecule has 0 saturated carbocycles. The Bertz CT molecular complexity index is 500. The Hall–Kier alpha value is -1.75. The minimum atomic E-state index is -0.845. The second kappa shape index (κ2) is 5.71. The molecule has 1 heterocycles. The Morgan fingerprint density at radius 1 is 1.40 bits per heavy atom. The first-order chi connectivity index (χ1) is 9.44. The first-order valence-electron chi connectivity index (χ1n) is 6.93. The maximum absolute atomic E-state index is 12.1. The molecule has 0 saturated heterocycles. The molecule has 110 valence electrons. The summed E-state index contributed by atoms with van der Waals surface area (Å²) in [7, 11) is 0. The average molecular weight is 278 g/mol. The molecule has 0 aromatic heterocycles. The number of amides is 1. The van der Waals surface area contributed by atoms with E-state index in [2.05, 4.69) is 5.32 Å². The van der Waals surface area contributed by atoms with Gasteiger partial charge in [0.05, 0.1) is 11.6 Å². The van der Waals surface area contributed by atoms with E-state index in [4.69, 9.17) is 15.2 Å². The summed E-state index contributed by atoms with van der Waals surface area (Å²) in [6.07, 6.45) is 0.590. The lowest BCUT2D eigenvalue weighted by Gasteiger charge is -2.25. The molecule has 0 fully saturated rings. The molecule has 0 spiro atoms. The van der Waals surface area contributed by atoms with Crippen molar-refractivity contribution in [3.05, 3.63) is 23.8 Å². The highest BCUT2D eigenvalue weighted by molar-refractivity contribution is 5.85. The highest BCUT2D eigenvalue weighted by Gasteiger charge is 2.27. The topological polar surface area (TPSA) is 73.6 Å². The lowest BCUT2D eigenvalue weighted by molar-refractivity contribution is -0.126. The van der Waals surface area contributed by atoms with Gasteiger partial charge in [-0.1, -0.05) is 13.0 Å². The predicted molar refractivity (Wildman–Crippen MR) is 76.9 cm³/mol. The molecule has 3 N–H and O–H groups in total. The van der Waals surface area contributed by atoms with Crippen molar-refractivity contribution in [1.82, 2.24) is 5.32 Å². The molecule has 0 aliphatic carbocycles. The van der Waals surface area contributed by atoms with Crippen molar-refractivity contribution in [2.45, 2.75) is 38.8 Å². The van der Waals surface area contributed by atoms with Crippen molar-refractivity contribution >= 4 is 5.91 Å². The SMILES string of the molecule is CCC(C)(N)C(=O)NC(C)c1ccc2c(c1)OCCO2. The summed E-state index contributed by atoms with van der Waals surface area (Å²) in [5.74, 6) is 1.32. The minimum Gasteiger partial charge on any atom is -0.486 e. The van der Waals surface area contributed by atoms with Gasteiger partial charge in [0, 0.05) is 0 Å². The number of hydrogen-bond donors (Lipinski definition) is 2. The van der Waals surface area contributed by atoms with E-state index in [1.165, 1.54) is 0 Å². The fourth-order valence-corrected chi connectivity index (χ4v) is 1.93. The van der Waals surface area contributed by atoms with Crippen LogP contribution in [0.2, 0.25) is 0 Å². The van der Waals surface area contributed by atoms with E-state index in [9.17, 15) is 4.79 Å². The van der Waals surface area contributed by atoms with E-state index in [-0.39, 0.29) is 11.9 Å². The Morgan fingerprint density at radius 2 is 2.05 bits per heavy atom. The van der Waals surface area contributed by atoms with Crippen LogP contribution in [-0.2, 0) is 4.79 Å². The van der Waals surface area contributed by atoms with Crippen molar-refractivity contribution in [3.63, 3.8) is 0 Å². The van der Waals surface area contributed by atoms with Crippen LogP contribution in [0.1, 0.15) is 38.8 Å². The third-order valence-corrected chi connectivity index (χ3v) is 3.67. The summed E-state index contributed by atoms with van der Waals surface area (Å²) in [5.41, 5.74) is 6.06. The molecule has 2 unspecified atom stereocenters. The number of nitrogens with two attached hydrogens (primary N) is 1. The zero-order chi connectivity index (χ0) is 14.8. The van der Waals surface area contributed by atoms with Gasteiger partial charge in [-0.05, 0) is 38.0 Å². The molecule has 2 rings (SSSR count). The molecule has 1 aromatic rings. The van der Waals surface area contributed by atoms with Crippen LogP contribution in [0.5, 0.6) is 11.5 Å². The third-order valence-electron chi connectivity index (χ3n) is 3.67. The van der Waals surface area contributed by atoms with E-state index in [0.29, 0.717) is 19.6 Å². The maximum atomic E-state index is 12.1.